The summed E-state index contributed by atoms with van der Waals surface area (Å²) in [6.45, 7) is 7.05. The number of carbonyl (C=O) groups is 1. The number of aromatic nitrogens is 3. The molecule has 0 saturated carbocycles. The molecule has 0 atom stereocenters. The van der Waals surface area contributed by atoms with Gasteiger partial charge in [0.25, 0.3) is 5.91 Å². The minimum Gasteiger partial charge on any atom is -0.352 e. The summed E-state index contributed by atoms with van der Waals surface area (Å²) in [5.41, 5.74) is 2.55. The lowest BCUT2D eigenvalue weighted by atomic mass is 10.2. The number of amides is 1. The quantitative estimate of drug-likeness (QED) is 0.581. The number of hydrogen-bond donors (Lipinski definition) is 1. The predicted molar refractivity (Wildman–Crippen MR) is 119 cm³/mol. The summed E-state index contributed by atoms with van der Waals surface area (Å²) in [6.07, 6.45) is 5.51. The third-order valence-electron chi connectivity index (χ3n) is 5.70. The third kappa shape index (κ3) is 5.23. The molecule has 1 aromatic carbocycles. The first kappa shape index (κ1) is 20.5. The molecule has 0 spiro atoms. The van der Waals surface area contributed by atoms with Gasteiger partial charge < -0.3 is 15.1 Å². The van der Waals surface area contributed by atoms with Crippen LogP contribution in [0.2, 0.25) is 0 Å². The van der Waals surface area contributed by atoms with Crippen LogP contribution in [0.1, 0.15) is 28.8 Å². The zero-order valence-corrected chi connectivity index (χ0v) is 17.6. The van der Waals surface area contributed by atoms with Gasteiger partial charge >= 0.3 is 0 Å². The number of piperazine rings is 1. The van der Waals surface area contributed by atoms with Crippen LogP contribution in [0.15, 0.2) is 48.8 Å². The van der Waals surface area contributed by atoms with Crippen LogP contribution in [-0.4, -0.2) is 76.8 Å². The minimum absolute atomic E-state index is 0.0696. The average Bonchev–Trinajstić information content (AvgIpc) is 3.17. The van der Waals surface area contributed by atoms with Gasteiger partial charge in [-0.15, -0.1) is 0 Å². The van der Waals surface area contributed by atoms with Crippen LogP contribution in [-0.2, 0) is 6.54 Å². The fraction of sp³-hybridized carbons (Fsp3) is 0.435. The van der Waals surface area contributed by atoms with Gasteiger partial charge in [0, 0.05) is 44.3 Å². The highest BCUT2D eigenvalue weighted by molar-refractivity contribution is 5.96. The van der Waals surface area contributed by atoms with Crippen molar-refractivity contribution >= 4 is 16.9 Å². The molecule has 1 aliphatic heterocycles. The molecule has 1 fully saturated rings. The van der Waals surface area contributed by atoms with E-state index in [1.54, 1.807) is 12.4 Å². The van der Waals surface area contributed by atoms with E-state index in [9.17, 15) is 4.79 Å². The zero-order valence-electron chi connectivity index (χ0n) is 17.6. The number of nitrogens with one attached hydrogen (secondary N) is 1. The van der Waals surface area contributed by atoms with Crippen molar-refractivity contribution in [2.45, 2.75) is 19.4 Å². The number of unbranched alkanes of at least 4 members (excludes halogenated alkanes) is 1. The summed E-state index contributed by atoms with van der Waals surface area (Å²) in [6, 6.07) is 12.0. The van der Waals surface area contributed by atoms with Crippen LogP contribution in [0.25, 0.3) is 11.0 Å². The van der Waals surface area contributed by atoms with Crippen LogP contribution in [0.5, 0.6) is 0 Å². The van der Waals surface area contributed by atoms with Crippen LogP contribution < -0.4 is 5.32 Å². The van der Waals surface area contributed by atoms with Crippen LogP contribution in [0.4, 0.5) is 0 Å². The molecule has 0 aliphatic carbocycles. The molecule has 3 heterocycles. The lowest BCUT2D eigenvalue weighted by Gasteiger charge is -2.32. The van der Waals surface area contributed by atoms with Crippen LogP contribution in [0, 0.1) is 0 Å². The molecule has 0 unspecified atom stereocenters. The maximum atomic E-state index is 12.5. The maximum absolute atomic E-state index is 12.5. The molecule has 1 saturated heterocycles. The number of rotatable bonds is 8. The van der Waals surface area contributed by atoms with Gasteiger partial charge in [-0.25, -0.2) is 9.67 Å². The monoisotopic (exact) mass is 406 g/mol. The maximum Gasteiger partial charge on any atom is 0.252 e. The van der Waals surface area contributed by atoms with Crippen molar-refractivity contribution in [1.29, 1.82) is 0 Å². The van der Waals surface area contributed by atoms with Crippen LogP contribution >= 0.6 is 0 Å². The molecular formula is C23H30N6O. The second-order valence-electron chi connectivity index (χ2n) is 8.03. The Bertz CT molecular complexity index is 962. The fourth-order valence-corrected chi connectivity index (χ4v) is 3.80. The largest absolute Gasteiger partial charge is 0.352 e. The lowest BCUT2D eigenvalue weighted by Crippen LogP contribution is -2.44. The Morgan fingerprint density at radius 3 is 2.67 bits per heavy atom. The average molecular weight is 407 g/mol. The summed E-state index contributed by atoms with van der Waals surface area (Å²) in [7, 11) is 2.17. The van der Waals surface area contributed by atoms with Crippen molar-refractivity contribution in [1.82, 2.24) is 29.9 Å². The molecular weight excluding hydrogens is 376 g/mol. The molecule has 158 valence electrons. The van der Waals surface area contributed by atoms with Crippen molar-refractivity contribution < 1.29 is 4.79 Å². The highest BCUT2D eigenvalue weighted by Crippen LogP contribution is 2.14. The Morgan fingerprint density at radius 1 is 1.07 bits per heavy atom. The first-order chi connectivity index (χ1) is 14.7. The molecule has 7 heteroatoms. The Labute approximate surface area is 177 Å². The minimum atomic E-state index is -0.0696. The van der Waals surface area contributed by atoms with Crippen LogP contribution in [0.3, 0.4) is 0 Å². The molecule has 2 aromatic heterocycles. The van der Waals surface area contributed by atoms with E-state index in [2.05, 4.69) is 44.4 Å². The van der Waals surface area contributed by atoms with E-state index in [1.165, 1.54) is 5.56 Å². The first-order valence-electron chi connectivity index (χ1n) is 10.7. The molecule has 4 rings (SSSR count). The van der Waals surface area contributed by atoms with Gasteiger partial charge in [-0.05, 0) is 38.1 Å². The van der Waals surface area contributed by atoms with Gasteiger partial charge in [0.15, 0.2) is 5.65 Å². The number of fused-ring (bicyclic) bond motifs is 1. The smallest absolute Gasteiger partial charge is 0.252 e. The summed E-state index contributed by atoms with van der Waals surface area (Å²) in [4.78, 5) is 21.9. The standard InChI is InChI=1S/C23H30N6O/c1-27-11-13-28(14-12-27)10-6-5-9-24-23(30)21-15-20-17-26-29(22(20)25-16-21)18-19-7-3-2-4-8-19/h2-4,7-8,15-17H,5-6,9-14,18H2,1H3,(H,24,30). The molecule has 0 radical (unpaired) electrons. The second-order valence-corrected chi connectivity index (χ2v) is 8.03. The topological polar surface area (TPSA) is 66.3 Å². The van der Waals surface area contributed by atoms with Gasteiger partial charge in [-0.3, -0.25) is 4.79 Å². The Morgan fingerprint density at radius 2 is 1.87 bits per heavy atom. The number of nitrogens with zero attached hydrogens (tertiary/aromatic N) is 5. The van der Waals surface area contributed by atoms with Crippen molar-refractivity contribution in [3.05, 3.63) is 59.9 Å². The van der Waals surface area contributed by atoms with Crippen molar-refractivity contribution in [2.24, 2.45) is 0 Å². The highest BCUT2D eigenvalue weighted by Gasteiger charge is 2.13. The summed E-state index contributed by atoms with van der Waals surface area (Å²) < 4.78 is 1.87. The van der Waals surface area contributed by atoms with E-state index >= 15 is 0 Å². The van der Waals surface area contributed by atoms with Crippen molar-refractivity contribution in [2.75, 3.05) is 46.3 Å². The van der Waals surface area contributed by atoms with E-state index in [-0.39, 0.29) is 5.91 Å². The van der Waals surface area contributed by atoms with Crippen molar-refractivity contribution in [3.8, 4) is 0 Å². The first-order valence-corrected chi connectivity index (χ1v) is 10.7. The Kier molecular flexibility index (Phi) is 6.71. The van der Waals surface area contributed by atoms with E-state index in [1.807, 2.05) is 28.9 Å². The number of likely N-dealkylation sites (N-methyl/N-ethyl adjacent to an activating group) is 1. The number of benzene rings is 1. The van der Waals surface area contributed by atoms with E-state index in [4.69, 9.17) is 0 Å². The SMILES string of the molecule is CN1CCN(CCCCNC(=O)c2cnc3c(cnn3Cc3ccccc3)c2)CC1. The Hall–Kier alpha value is -2.77. The van der Waals surface area contributed by atoms with Gasteiger partial charge in [0.05, 0.1) is 18.3 Å². The lowest BCUT2D eigenvalue weighted by molar-refractivity contribution is 0.0951. The molecule has 30 heavy (non-hydrogen) atoms. The Balaban J connectivity index is 1.25. The zero-order chi connectivity index (χ0) is 20.8. The third-order valence-corrected chi connectivity index (χ3v) is 5.70. The van der Waals surface area contributed by atoms with Gasteiger partial charge in [-0.1, -0.05) is 30.3 Å². The van der Waals surface area contributed by atoms with Gasteiger partial charge in [0.1, 0.15) is 0 Å². The summed E-state index contributed by atoms with van der Waals surface area (Å²) in [5, 5.41) is 8.35. The summed E-state index contributed by atoms with van der Waals surface area (Å²) in [5.74, 6) is -0.0696. The van der Waals surface area contributed by atoms with Crippen molar-refractivity contribution in [3.63, 3.8) is 0 Å². The highest BCUT2D eigenvalue weighted by atomic mass is 16.1. The second kappa shape index (κ2) is 9.82. The molecule has 0 bridgehead atoms. The van der Waals surface area contributed by atoms with E-state index < -0.39 is 0 Å². The number of carbonyl (C=O) groups excluding carboxylic acids is 1. The molecule has 7 nitrogen and oxygen atoms in total. The predicted octanol–water partition coefficient (Wildman–Crippen LogP) is 2.24. The van der Waals surface area contributed by atoms with Gasteiger partial charge in [-0.2, -0.15) is 5.10 Å². The number of hydrogen-bond acceptors (Lipinski definition) is 5. The fourth-order valence-electron chi connectivity index (χ4n) is 3.80. The number of pyridine rings is 1. The van der Waals surface area contributed by atoms with E-state index in [0.717, 1.165) is 56.6 Å². The molecule has 3 aromatic rings. The molecule has 1 N–H and O–H groups in total. The van der Waals surface area contributed by atoms with Gasteiger partial charge in [0.2, 0.25) is 0 Å². The molecule has 1 aliphatic rings. The molecule has 1 amide bonds. The normalized spacial score (nSPS) is 15.5. The van der Waals surface area contributed by atoms with E-state index in [0.29, 0.717) is 18.7 Å². The summed E-state index contributed by atoms with van der Waals surface area (Å²) >= 11 is 0.